The molecule has 5 N–H and O–H groups in total. The number of nitrogens with two attached hydrogens (primary N) is 1. The molecule has 0 bridgehead atoms. The Kier molecular flexibility index (Phi) is 12.3. The topological polar surface area (TPSA) is 99.7 Å². The zero-order valence-corrected chi connectivity index (χ0v) is 24.6. The van der Waals surface area contributed by atoms with Gasteiger partial charge in [0.05, 0.1) is 16.6 Å². The Bertz CT molecular complexity index is 1430. The van der Waals surface area contributed by atoms with Crippen LogP contribution in [-0.4, -0.2) is 22.9 Å². The Labute approximate surface area is 247 Å². The van der Waals surface area contributed by atoms with E-state index in [9.17, 15) is 9.90 Å². The van der Waals surface area contributed by atoms with E-state index in [0.717, 1.165) is 28.7 Å². The number of amidine groups is 1. The predicted molar refractivity (Wildman–Crippen MR) is 171 cm³/mol. The number of aliphatic imine (C=N–C) groups is 1. The smallest absolute Gasteiger partial charge is 0.259 e. The number of hydrogen-bond donors (Lipinski definition) is 5. The number of hydrazine groups is 1. The summed E-state index contributed by atoms with van der Waals surface area (Å²) < 4.78 is 0. The highest BCUT2D eigenvalue weighted by molar-refractivity contribution is 7.84. The number of phenolic OH excluding ortho intramolecular Hbond substituents is 1. The van der Waals surface area contributed by atoms with Gasteiger partial charge in [0, 0.05) is 16.6 Å². The molecule has 1 amide bonds. The molecule has 6 nitrogen and oxygen atoms in total. The van der Waals surface area contributed by atoms with Crippen LogP contribution >= 0.6 is 24.2 Å². The fraction of sp³-hybridized carbons (Fsp3) is 0.250. The Hall–Kier alpha value is -3.52. The molecule has 3 aromatic carbocycles. The van der Waals surface area contributed by atoms with E-state index in [0.29, 0.717) is 28.0 Å². The average molecular weight is 577 g/mol. The maximum absolute atomic E-state index is 12.4. The Morgan fingerprint density at radius 3 is 2.35 bits per heavy atom. The number of hydrogen-bond acceptors (Lipinski definition) is 5. The molecular weight excluding hydrogens is 540 g/mol. The lowest BCUT2D eigenvalue weighted by Gasteiger charge is -2.19. The molecule has 3 aromatic rings. The van der Waals surface area contributed by atoms with Gasteiger partial charge in [0.1, 0.15) is 11.6 Å². The van der Waals surface area contributed by atoms with Gasteiger partial charge in [-0.1, -0.05) is 85.5 Å². The first-order valence-electron chi connectivity index (χ1n) is 13.4. The molecule has 0 heterocycles. The van der Waals surface area contributed by atoms with Crippen LogP contribution in [0.3, 0.4) is 0 Å². The number of carbonyl (C=O) groups is 1. The third kappa shape index (κ3) is 8.74. The summed E-state index contributed by atoms with van der Waals surface area (Å²) in [6.07, 6.45) is 13.3. The van der Waals surface area contributed by atoms with Crippen molar-refractivity contribution in [2.24, 2.45) is 10.8 Å². The number of thiol groups is 1. The van der Waals surface area contributed by atoms with Crippen molar-refractivity contribution >= 4 is 46.7 Å². The molecule has 0 unspecified atom stereocenters. The molecule has 0 aromatic heterocycles. The van der Waals surface area contributed by atoms with Crippen molar-refractivity contribution in [2.75, 3.05) is 0 Å². The summed E-state index contributed by atoms with van der Waals surface area (Å²) in [7, 11) is 0. The number of phenols is 1. The summed E-state index contributed by atoms with van der Waals surface area (Å²) in [4.78, 5) is 17.9. The van der Waals surface area contributed by atoms with E-state index in [-0.39, 0.29) is 17.2 Å². The van der Waals surface area contributed by atoms with Gasteiger partial charge in [0.15, 0.2) is 0 Å². The van der Waals surface area contributed by atoms with E-state index in [1.165, 1.54) is 19.3 Å². The number of nitrogens with zero attached hydrogens (tertiary/aromatic N) is 1. The third-order valence-electron chi connectivity index (χ3n) is 6.60. The third-order valence-corrected chi connectivity index (χ3v) is 7.33. The molecule has 0 aliphatic heterocycles. The molecule has 0 radical (unpaired) electrons. The van der Waals surface area contributed by atoms with Crippen molar-refractivity contribution in [1.29, 1.82) is 0 Å². The Morgan fingerprint density at radius 1 is 0.975 bits per heavy atom. The zero-order chi connectivity index (χ0) is 28.9. The van der Waals surface area contributed by atoms with Gasteiger partial charge in [0.25, 0.3) is 5.91 Å². The average Bonchev–Trinajstić information content (AvgIpc) is 2.99. The monoisotopic (exact) mass is 576 g/mol. The van der Waals surface area contributed by atoms with Crippen molar-refractivity contribution < 1.29 is 9.90 Å². The van der Waals surface area contributed by atoms with Gasteiger partial charge in [-0.05, 0) is 67.3 Å². The molecule has 0 spiro atoms. The highest BCUT2D eigenvalue weighted by Gasteiger charge is 2.15. The van der Waals surface area contributed by atoms with Crippen LogP contribution in [0.1, 0.15) is 61.9 Å². The minimum atomic E-state index is -0.354. The highest BCUT2D eigenvalue weighted by atomic mass is 35.5. The van der Waals surface area contributed by atoms with Gasteiger partial charge >= 0.3 is 0 Å². The maximum Gasteiger partial charge on any atom is 0.259 e. The van der Waals surface area contributed by atoms with Crippen molar-refractivity contribution in [1.82, 2.24) is 10.7 Å². The number of carbonyl (C=O) groups excluding carboxylic acids is 1. The highest BCUT2D eigenvalue weighted by Crippen LogP contribution is 2.28. The van der Waals surface area contributed by atoms with Gasteiger partial charge < -0.3 is 15.8 Å². The number of benzene rings is 3. The van der Waals surface area contributed by atoms with Crippen molar-refractivity contribution in [2.45, 2.75) is 52.0 Å². The number of aromatic hydroxyl groups is 1. The van der Waals surface area contributed by atoms with Crippen LogP contribution in [0.2, 0.25) is 5.02 Å². The molecule has 40 heavy (non-hydrogen) atoms. The first-order chi connectivity index (χ1) is 19.4. The predicted octanol–water partition coefficient (Wildman–Crippen LogP) is 7.45. The normalized spacial score (nSPS) is 15.1. The number of halogens is 1. The first kappa shape index (κ1) is 31.0. The summed E-state index contributed by atoms with van der Waals surface area (Å²) >= 11 is 10.4. The summed E-state index contributed by atoms with van der Waals surface area (Å²) in [6.45, 7) is 3.71. The van der Waals surface area contributed by atoms with Crippen LogP contribution < -0.4 is 16.6 Å². The van der Waals surface area contributed by atoms with Crippen molar-refractivity contribution in [3.8, 4) is 5.75 Å². The molecular formula is C32H37ClN4O2S. The van der Waals surface area contributed by atoms with Crippen molar-refractivity contribution in [3.63, 3.8) is 0 Å². The number of amides is 1. The standard InChI is InChI=1S/C19H19NO2S.C13H18ClN3/c1-3-14(10-11-15(23)4-2)20-19(22)17-12-9-13-7-5-6-8-16(13)18(17)21;14-12-9-5-4-8-11(12)13(17-15)16-10-6-2-1-3-7-10/h3-12,21,23H,1-2H3,(H,20,22);4-5,8-10H,1-3,6-7,15H2,(H,16,17)/b11-10-,14-3+,15-4+;. The Balaban J connectivity index is 0.000000230. The van der Waals surface area contributed by atoms with Crippen LogP contribution in [-0.2, 0) is 0 Å². The summed E-state index contributed by atoms with van der Waals surface area (Å²) in [6, 6.07) is 18.9. The van der Waals surface area contributed by atoms with Gasteiger partial charge in [-0.3, -0.25) is 9.79 Å². The van der Waals surface area contributed by atoms with Crippen LogP contribution in [0.15, 0.2) is 101 Å². The van der Waals surface area contributed by atoms with E-state index >= 15 is 0 Å². The largest absolute Gasteiger partial charge is 0.506 e. The molecule has 4 rings (SSSR count). The maximum atomic E-state index is 12.4. The number of allylic oxidation sites excluding steroid dienone is 4. The molecule has 1 saturated carbocycles. The van der Waals surface area contributed by atoms with E-state index < -0.39 is 0 Å². The fourth-order valence-corrected chi connectivity index (χ4v) is 4.65. The molecule has 0 atom stereocenters. The molecule has 0 saturated heterocycles. The van der Waals surface area contributed by atoms with Gasteiger partial charge in [0.2, 0.25) is 0 Å². The zero-order valence-electron chi connectivity index (χ0n) is 22.9. The minimum Gasteiger partial charge on any atom is -0.506 e. The molecule has 210 valence electrons. The number of nitrogens with one attached hydrogen (secondary N) is 2. The van der Waals surface area contributed by atoms with E-state index in [4.69, 9.17) is 17.4 Å². The van der Waals surface area contributed by atoms with Crippen LogP contribution in [0.25, 0.3) is 10.8 Å². The van der Waals surface area contributed by atoms with Gasteiger partial charge in [-0.25, -0.2) is 5.84 Å². The van der Waals surface area contributed by atoms with Crippen LogP contribution in [0, 0.1) is 0 Å². The second kappa shape index (κ2) is 15.9. The number of rotatable bonds is 6. The SMILES string of the molecule is C\C=C(S)/C=C\C(=C/C)NC(=O)c1ccc2ccccc2c1O.NNC(=NC1CCCCC1)c1ccccc1Cl. The fourth-order valence-electron chi connectivity index (χ4n) is 4.35. The van der Waals surface area contributed by atoms with Crippen LogP contribution in [0.5, 0.6) is 5.75 Å². The van der Waals surface area contributed by atoms with Gasteiger partial charge in [-0.15, -0.1) is 12.6 Å². The minimum absolute atomic E-state index is 0.0108. The Morgan fingerprint density at radius 2 is 1.68 bits per heavy atom. The summed E-state index contributed by atoms with van der Waals surface area (Å²) in [5.74, 6) is 5.88. The molecule has 1 aliphatic carbocycles. The van der Waals surface area contributed by atoms with E-state index in [1.807, 2.05) is 68.5 Å². The lowest BCUT2D eigenvalue weighted by Crippen LogP contribution is -2.33. The van der Waals surface area contributed by atoms with Gasteiger partial charge in [-0.2, -0.15) is 0 Å². The lowest BCUT2D eigenvalue weighted by molar-refractivity contribution is 0.0964. The second-order valence-electron chi connectivity index (χ2n) is 9.32. The van der Waals surface area contributed by atoms with Crippen molar-refractivity contribution in [3.05, 3.63) is 112 Å². The molecule has 8 heteroatoms. The quantitative estimate of drug-likeness (QED) is 0.0525. The summed E-state index contributed by atoms with van der Waals surface area (Å²) in [5, 5.41) is 15.4. The number of fused-ring (bicyclic) bond motifs is 1. The molecule has 1 fully saturated rings. The summed E-state index contributed by atoms with van der Waals surface area (Å²) in [5.41, 5.74) is 4.43. The molecule has 1 aliphatic rings. The first-order valence-corrected chi connectivity index (χ1v) is 14.2. The van der Waals surface area contributed by atoms with Crippen LogP contribution in [0.4, 0.5) is 0 Å². The lowest BCUT2D eigenvalue weighted by atomic mass is 9.96. The second-order valence-corrected chi connectivity index (χ2v) is 10.2. The van der Waals surface area contributed by atoms with E-state index in [2.05, 4.69) is 28.4 Å². The van der Waals surface area contributed by atoms with E-state index in [1.54, 1.807) is 30.4 Å².